The molecule has 0 amide bonds. The van der Waals surface area contributed by atoms with Gasteiger partial charge in [-0.15, -0.1) is 0 Å². The third-order valence-corrected chi connectivity index (χ3v) is 3.44. The lowest BCUT2D eigenvalue weighted by molar-refractivity contribution is 0.102. The van der Waals surface area contributed by atoms with Gasteiger partial charge in [0.1, 0.15) is 0 Å². The molecule has 0 N–H and O–H groups in total. The normalized spacial score (nSPS) is 10.4. The van der Waals surface area contributed by atoms with Crippen molar-refractivity contribution in [1.82, 2.24) is 9.78 Å². The average molecular weight is 330 g/mol. The van der Waals surface area contributed by atoms with Crippen LogP contribution in [0.5, 0.6) is 5.75 Å². The molecule has 0 unspecified atom stereocenters. The van der Waals surface area contributed by atoms with Crippen molar-refractivity contribution in [2.24, 2.45) is 7.05 Å². The van der Waals surface area contributed by atoms with Gasteiger partial charge in [0.2, 0.25) is 5.78 Å². The minimum Gasteiger partial charge on any atom is -0.493 e. The summed E-state index contributed by atoms with van der Waals surface area (Å²) in [6.07, 6.45) is 1.51. The van der Waals surface area contributed by atoms with Crippen LogP contribution < -0.4 is 4.74 Å². The van der Waals surface area contributed by atoms with E-state index in [9.17, 15) is 4.79 Å². The molecular formula is C12H10BrClN2O2. The Balaban J connectivity index is 2.54. The molecule has 1 heterocycles. The molecule has 0 aliphatic carbocycles. The fourth-order valence-electron chi connectivity index (χ4n) is 1.62. The van der Waals surface area contributed by atoms with Crippen molar-refractivity contribution in [2.75, 3.05) is 7.11 Å². The summed E-state index contributed by atoms with van der Waals surface area (Å²) < 4.78 is 7.29. The molecule has 2 rings (SSSR count). The standard InChI is InChI=1S/C12H10BrClN2O2/c1-16-11(10(18-2)6-15-16)12(17)8-5-7(14)3-4-9(8)13/h3-6H,1-2H3. The Bertz CT molecular complexity index is 610. The topological polar surface area (TPSA) is 44.1 Å². The van der Waals surface area contributed by atoms with Gasteiger partial charge in [-0.3, -0.25) is 9.48 Å². The predicted molar refractivity (Wildman–Crippen MR) is 72.3 cm³/mol. The zero-order valence-electron chi connectivity index (χ0n) is 9.78. The number of methoxy groups -OCH3 is 1. The lowest BCUT2D eigenvalue weighted by atomic mass is 10.1. The van der Waals surface area contributed by atoms with E-state index in [0.717, 1.165) is 0 Å². The van der Waals surface area contributed by atoms with E-state index in [-0.39, 0.29) is 5.78 Å². The summed E-state index contributed by atoms with van der Waals surface area (Å²) in [6, 6.07) is 5.06. The maximum absolute atomic E-state index is 12.5. The van der Waals surface area contributed by atoms with E-state index < -0.39 is 0 Å². The van der Waals surface area contributed by atoms with Crippen LogP contribution in [0.4, 0.5) is 0 Å². The molecule has 0 spiro atoms. The number of halogens is 2. The number of ketones is 1. The Morgan fingerprint density at radius 3 is 2.89 bits per heavy atom. The predicted octanol–water partition coefficient (Wildman–Crippen LogP) is 3.08. The summed E-state index contributed by atoms with van der Waals surface area (Å²) in [5.41, 5.74) is 0.866. The lowest BCUT2D eigenvalue weighted by Gasteiger charge is -2.06. The Morgan fingerprint density at radius 1 is 1.50 bits per heavy atom. The van der Waals surface area contributed by atoms with Crippen molar-refractivity contribution in [3.63, 3.8) is 0 Å². The zero-order valence-corrected chi connectivity index (χ0v) is 12.1. The molecule has 1 aromatic heterocycles. The molecule has 0 atom stereocenters. The lowest BCUT2D eigenvalue weighted by Crippen LogP contribution is -2.10. The Labute approximate surface area is 118 Å². The number of benzene rings is 1. The molecule has 94 valence electrons. The molecule has 0 aliphatic heterocycles. The van der Waals surface area contributed by atoms with E-state index in [1.54, 1.807) is 25.2 Å². The van der Waals surface area contributed by atoms with Crippen LogP contribution in [0, 0.1) is 0 Å². The number of hydrogen-bond donors (Lipinski definition) is 0. The minimum atomic E-state index is -0.193. The molecule has 1 aromatic carbocycles. The van der Waals surface area contributed by atoms with Gasteiger partial charge in [0.25, 0.3) is 0 Å². The van der Waals surface area contributed by atoms with Crippen LogP contribution in [0.15, 0.2) is 28.9 Å². The maximum atomic E-state index is 12.5. The van der Waals surface area contributed by atoms with Crippen molar-refractivity contribution >= 4 is 33.3 Å². The van der Waals surface area contributed by atoms with Gasteiger partial charge in [0.15, 0.2) is 11.4 Å². The Hall–Kier alpha value is -1.33. The quantitative estimate of drug-likeness (QED) is 0.813. The number of aryl methyl sites for hydroxylation is 1. The van der Waals surface area contributed by atoms with E-state index >= 15 is 0 Å². The summed E-state index contributed by atoms with van der Waals surface area (Å²) in [7, 11) is 3.19. The largest absolute Gasteiger partial charge is 0.493 e. The van der Waals surface area contributed by atoms with E-state index in [1.165, 1.54) is 18.0 Å². The zero-order chi connectivity index (χ0) is 13.3. The highest BCUT2D eigenvalue weighted by Crippen LogP contribution is 2.27. The molecule has 0 aliphatic rings. The second kappa shape index (κ2) is 5.12. The SMILES string of the molecule is COc1cnn(C)c1C(=O)c1cc(Cl)ccc1Br. The number of nitrogens with zero attached hydrogens (tertiary/aromatic N) is 2. The highest BCUT2D eigenvalue weighted by molar-refractivity contribution is 9.10. The van der Waals surface area contributed by atoms with Gasteiger partial charge < -0.3 is 4.74 Å². The van der Waals surface area contributed by atoms with Gasteiger partial charge in [-0.2, -0.15) is 5.10 Å². The second-order valence-corrected chi connectivity index (χ2v) is 4.93. The fraction of sp³-hybridized carbons (Fsp3) is 0.167. The Morgan fingerprint density at radius 2 is 2.22 bits per heavy atom. The number of carbonyl (C=O) groups is 1. The summed E-state index contributed by atoms with van der Waals surface area (Å²) >= 11 is 9.25. The van der Waals surface area contributed by atoms with Crippen LogP contribution in [0.1, 0.15) is 16.1 Å². The summed E-state index contributed by atoms with van der Waals surface area (Å²) in [5.74, 6) is 0.246. The molecule has 0 fully saturated rings. The molecule has 6 heteroatoms. The number of hydrogen-bond acceptors (Lipinski definition) is 3. The molecular weight excluding hydrogens is 320 g/mol. The first kappa shape index (κ1) is 13.1. The van der Waals surface area contributed by atoms with Crippen LogP contribution in [0.3, 0.4) is 0 Å². The van der Waals surface area contributed by atoms with Gasteiger partial charge in [0, 0.05) is 22.1 Å². The van der Waals surface area contributed by atoms with Crippen LogP contribution in [-0.2, 0) is 7.05 Å². The molecule has 18 heavy (non-hydrogen) atoms. The highest BCUT2D eigenvalue weighted by atomic mass is 79.9. The van der Waals surface area contributed by atoms with Crippen molar-refractivity contribution in [3.8, 4) is 5.75 Å². The molecule has 0 radical (unpaired) electrons. The second-order valence-electron chi connectivity index (χ2n) is 3.64. The number of aromatic nitrogens is 2. The molecule has 0 saturated carbocycles. The first-order chi connectivity index (χ1) is 8.54. The number of rotatable bonds is 3. The molecule has 4 nitrogen and oxygen atoms in total. The van der Waals surface area contributed by atoms with E-state index in [0.29, 0.717) is 26.5 Å². The highest BCUT2D eigenvalue weighted by Gasteiger charge is 2.21. The summed E-state index contributed by atoms with van der Waals surface area (Å²) in [4.78, 5) is 12.5. The number of ether oxygens (including phenoxy) is 1. The van der Waals surface area contributed by atoms with Gasteiger partial charge in [-0.05, 0) is 18.2 Å². The van der Waals surface area contributed by atoms with Crippen molar-refractivity contribution in [1.29, 1.82) is 0 Å². The number of carbonyl (C=O) groups excluding carboxylic acids is 1. The van der Waals surface area contributed by atoms with Gasteiger partial charge in [0.05, 0.1) is 13.3 Å². The monoisotopic (exact) mass is 328 g/mol. The van der Waals surface area contributed by atoms with Crippen LogP contribution in [0.25, 0.3) is 0 Å². The molecule has 2 aromatic rings. The van der Waals surface area contributed by atoms with Gasteiger partial charge >= 0.3 is 0 Å². The summed E-state index contributed by atoms with van der Waals surface area (Å²) in [6.45, 7) is 0. The first-order valence-electron chi connectivity index (χ1n) is 5.10. The van der Waals surface area contributed by atoms with Gasteiger partial charge in [-0.1, -0.05) is 27.5 Å². The molecule has 0 bridgehead atoms. The minimum absolute atomic E-state index is 0.193. The van der Waals surface area contributed by atoms with E-state index in [2.05, 4.69) is 21.0 Å². The average Bonchev–Trinajstić information content (AvgIpc) is 2.72. The van der Waals surface area contributed by atoms with Crippen LogP contribution in [0.2, 0.25) is 5.02 Å². The fourth-order valence-corrected chi connectivity index (χ4v) is 2.22. The Kier molecular flexibility index (Phi) is 3.73. The van der Waals surface area contributed by atoms with Crippen molar-refractivity contribution < 1.29 is 9.53 Å². The van der Waals surface area contributed by atoms with Crippen molar-refractivity contribution in [3.05, 3.63) is 45.1 Å². The van der Waals surface area contributed by atoms with E-state index in [4.69, 9.17) is 16.3 Å². The van der Waals surface area contributed by atoms with Crippen LogP contribution >= 0.6 is 27.5 Å². The van der Waals surface area contributed by atoms with E-state index in [1.807, 2.05) is 0 Å². The summed E-state index contributed by atoms with van der Waals surface area (Å²) in [5, 5.41) is 4.51. The third kappa shape index (κ3) is 2.28. The van der Waals surface area contributed by atoms with Gasteiger partial charge in [-0.25, -0.2) is 0 Å². The first-order valence-corrected chi connectivity index (χ1v) is 6.27. The van der Waals surface area contributed by atoms with Crippen molar-refractivity contribution in [2.45, 2.75) is 0 Å². The maximum Gasteiger partial charge on any atom is 0.216 e. The molecule has 0 saturated heterocycles. The third-order valence-electron chi connectivity index (χ3n) is 2.51. The van der Waals surface area contributed by atoms with Crippen LogP contribution in [-0.4, -0.2) is 22.7 Å². The smallest absolute Gasteiger partial charge is 0.216 e.